The Morgan fingerprint density at radius 1 is 1.33 bits per heavy atom. The van der Waals surface area contributed by atoms with Crippen molar-refractivity contribution in [2.45, 2.75) is 58.5 Å². The van der Waals surface area contributed by atoms with E-state index in [1.165, 1.54) is 0 Å². The van der Waals surface area contributed by atoms with Gasteiger partial charge in [0.25, 0.3) is 0 Å². The van der Waals surface area contributed by atoms with Crippen LogP contribution in [-0.2, 0) is 16.1 Å². The predicted octanol–water partition coefficient (Wildman–Crippen LogP) is 4.28. The zero-order valence-corrected chi connectivity index (χ0v) is 19.0. The molecule has 1 fully saturated rings. The maximum absolute atomic E-state index is 13.1. The number of nitrogens with zero attached hydrogens (tertiary/aromatic N) is 2. The fraction of sp³-hybridized carbons (Fsp3) is 0.522. The van der Waals surface area contributed by atoms with E-state index in [9.17, 15) is 9.59 Å². The molecular weight excluding hydrogens is 398 g/mol. The van der Waals surface area contributed by atoms with E-state index < -0.39 is 5.92 Å². The Morgan fingerprint density at radius 2 is 2.07 bits per heavy atom. The maximum Gasteiger partial charge on any atom is 0.226 e. The van der Waals surface area contributed by atoms with Crippen molar-refractivity contribution < 1.29 is 14.3 Å². The quantitative estimate of drug-likeness (QED) is 0.646. The molecule has 1 N–H and O–H groups in total. The lowest BCUT2D eigenvalue weighted by Crippen LogP contribution is -2.35. The van der Waals surface area contributed by atoms with Gasteiger partial charge in [0, 0.05) is 24.3 Å². The molecule has 30 heavy (non-hydrogen) atoms. The molecule has 2 unspecified atom stereocenters. The number of benzene rings is 1. The predicted molar refractivity (Wildman–Crippen MR) is 119 cm³/mol. The number of hydrogen-bond donors (Lipinski definition) is 1. The Morgan fingerprint density at radius 3 is 2.67 bits per heavy atom. The molecule has 1 aliphatic rings. The smallest absolute Gasteiger partial charge is 0.226 e. The molecule has 162 valence electrons. The highest BCUT2D eigenvalue weighted by Crippen LogP contribution is 2.39. The van der Waals surface area contributed by atoms with Crippen LogP contribution in [0.1, 0.15) is 68.3 Å². The minimum absolute atomic E-state index is 0.0418. The van der Waals surface area contributed by atoms with E-state index in [4.69, 9.17) is 4.74 Å². The molecule has 2 amide bonds. The average molecular weight is 430 g/mol. The average Bonchev–Trinajstić information content (AvgIpc) is 3.35. The fourth-order valence-corrected chi connectivity index (χ4v) is 4.64. The van der Waals surface area contributed by atoms with Crippen molar-refractivity contribution in [2.75, 3.05) is 13.7 Å². The van der Waals surface area contributed by atoms with Crippen molar-refractivity contribution >= 4 is 23.2 Å². The number of thiazole rings is 1. The van der Waals surface area contributed by atoms with E-state index in [0.717, 1.165) is 34.9 Å². The van der Waals surface area contributed by atoms with Gasteiger partial charge in [0.1, 0.15) is 5.75 Å². The Hall–Kier alpha value is -2.41. The third-order valence-corrected chi connectivity index (χ3v) is 6.68. The van der Waals surface area contributed by atoms with Crippen LogP contribution in [0.3, 0.4) is 0 Å². The maximum atomic E-state index is 13.1. The van der Waals surface area contributed by atoms with E-state index in [-0.39, 0.29) is 24.3 Å². The summed E-state index contributed by atoms with van der Waals surface area (Å²) in [6.45, 7) is 7.37. The van der Waals surface area contributed by atoms with Crippen molar-refractivity contribution in [3.8, 4) is 5.75 Å². The van der Waals surface area contributed by atoms with Gasteiger partial charge in [0.15, 0.2) is 0 Å². The van der Waals surface area contributed by atoms with Gasteiger partial charge >= 0.3 is 0 Å². The number of carbonyl (C=O) groups excluding carboxylic acids is 2. The molecule has 1 saturated heterocycles. The summed E-state index contributed by atoms with van der Waals surface area (Å²) in [6, 6.07) is 7.42. The highest BCUT2D eigenvalue weighted by atomic mass is 32.1. The summed E-state index contributed by atoms with van der Waals surface area (Å²) in [5.41, 5.74) is 1.83. The van der Waals surface area contributed by atoms with E-state index >= 15 is 0 Å². The molecule has 2 aromatic rings. The lowest BCUT2D eigenvalue weighted by Gasteiger charge is -2.28. The number of nitrogens with one attached hydrogen (secondary N) is 1. The number of likely N-dealkylation sites (tertiary alicyclic amines) is 1. The van der Waals surface area contributed by atoms with Gasteiger partial charge in [-0.05, 0) is 24.1 Å². The third-order valence-electron chi connectivity index (χ3n) is 5.49. The molecule has 0 saturated carbocycles. The van der Waals surface area contributed by atoms with Gasteiger partial charge in [-0.2, -0.15) is 0 Å². The largest absolute Gasteiger partial charge is 0.497 e. The second-order valence-electron chi connectivity index (χ2n) is 8.02. The van der Waals surface area contributed by atoms with Crippen molar-refractivity contribution in [1.29, 1.82) is 0 Å². The van der Waals surface area contributed by atoms with Crippen LogP contribution in [0.15, 0.2) is 29.6 Å². The summed E-state index contributed by atoms with van der Waals surface area (Å²) in [4.78, 5) is 32.3. The zero-order valence-electron chi connectivity index (χ0n) is 18.2. The van der Waals surface area contributed by atoms with Gasteiger partial charge in [-0.25, -0.2) is 4.98 Å². The minimum Gasteiger partial charge on any atom is -0.497 e. The van der Waals surface area contributed by atoms with Crippen LogP contribution in [0.4, 0.5) is 0 Å². The molecule has 1 aliphatic heterocycles. The van der Waals surface area contributed by atoms with Crippen LogP contribution in [-0.4, -0.2) is 35.4 Å². The Kier molecular flexibility index (Phi) is 7.48. The second-order valence-corrected chi connectivity index (χ2v) is 8.91. The number of hydrogen-bond acceptors (Lipinski definition) is 5. The molecule has 7 heteroatoms. The Bertz CT molecular complexity index is 863. The third kappa shape index (κ3) is 5.01. The van der Waals surface area contributed by atoms with Gasteiger partial charge in [-0.1, -0.05) is 39.3 Å². The van der Waals surface area contributed by atoms with E-state index in [0.29, 0.717) is 19.0 Å². The fourth-order valence-electron chi connectivity index (χ4n) is 3.81. The van der Waals surface area contributed by atoms with Crippen molar-refractivity contribution in [2.24, 2.45) is 5.92 Å². The van der Waals surface area contributed by atoms with Gasteiger partial charge in [-0.3, -0.25) is 9.59 Å². The Labute approximate surface area is 182 Å². The van der Waals surface area contributed by atoms with Crippen LogP contribution in [0, 0.1) is 5.92 Å². The van der Waals surface area contributed by atoms with Crippen LogP contribution >= 0.6 is 11.3 Å². The molecular formula is C23H31N3O3S. The monoisotopic (exact) mass is 429 g/mol. The van der Waals surface area contributed by atoms with Crippen LogP contribution < -0.4 is 10.1 Å². The number of unbranched alkanes of at least 4 members (excludes halogenated alkanes) is 1. The normalized spacial score (nSPS) is 18.8. The van der Waals surface area contributed by atoms with Gasteiger partial charge in [-0.15, -0.1) is 11.3 Å². The number of ether oxygens (including phenoxy) is 1. The second kappa shape index (κ2) is 10.1. The molecule has 0 radical (unpaired) electrons. The minimum atomic E-state index is -0.411. The Balaban J connectivity index is 1.76. The number of methoxy groups -OCH3 is 1. The summed E-state index contributed by atoms with van der Waals surface area (Å²) in [7, 11) is 1.63. The number of carbonyl (C=O) groups is 2. The summed E-state index contributed by atoms with van der Waals surface area (Å²) >= 11 is 1.62. The molecule has 2 heterocycles. The van der Waals surface area contributed by atoms with Crippen LogP contribution in [0.2, 0.25) is 0 Å². The number of amides is 2. The molecule has 0 spiro atoms. The van der Waals surface area contributed by atoms with Crippen molar-refractivity contribution in [1.82, 2.24) is 15.2 Å². The first kappa shape index (κ1) is 22.3. The van der Waals surface area contributed by atoms with E-state index in [1.54, 1.807) is 18.4 Å². The standard InChI is InChI=1S/C23H31N3O3S/c1-5-6-11-26-20(27)12-19(21(26)16-7-9-18(29-4)10-8-16)22(28)24-13-17-14-30-23(25-17)15(2)3/h7-10,14-15,19,21H,5-6,11-13H2,1-4H3,(H,24,28). The number of rotatable bonds is 9. The lowest BCUT2D eigenvalue weighted by molar-refractivity contribution is -0.129. The lowest BCUT2D eigenvalue weighted by atomic mass is 9.92. The number of aromatic nitrogens is 1. The van der Waals surface area contributed by atoms with E-state index in [2.05, 4.69) is 31.1 Å². The first-order chi connectivity index (χ1) is 14.4. The molecule has 6 nitrogen and oxygen atoms in total. The first-order valence-electron chi connectivity index (χ1n) is 10.6. The highest BCUT2D eigenvalue weighted by Gasteiger charge is 2.44. The van der Waals surface area contributed by atoms with Crippen LogP contribution in [0.25, 0.3) is 0 Å². The molecule has 1 aromatic heterocycles. The van der Waals surface area contributed by atoms with Crippen LogP contribution in [0.5, 0.6) is 5.75 Å². The van der Waals surface area contributed by atoms with Crippen molar-refractivity contribution in [3.63, 3.8) is 0 Å². The summed E-state index contributed by atoms with van der Waals surface area (Å²) < 4.78 is 5.26. The zero-order chi connectivity index (χ0) is 21.7. The van der Waals surface area contributed by atoms with Crippen molar-refractivity contribution in [3.05, 3.63) is 45.9 Å². The van der Waals surface area contributed by atoms with Gasteiger partial charge in [0.05, 0.1) is 36.3 Å². The molecule has 1 aromatic carbocycles. The SMILES string of the molecule is CCCCN1C(=O)CC(C(=O)NCc2csc(C(C)C)n2)C1c1ccc(OC)cc1. The topological polar surface area (TPSA) is 71.5 Å². The highest BCUT2D eigenvalue weighted by molar-refractivity contribution is 7.09. The molecule has 3 rings (SSSR count). The molecule has 2 atom stereocenters. The summed E-state index contributed by atoms with van der Waals surface area (Å²) in [5.74, 6) is 0.667. The summed E-state index contributed by atoms with van der Waals surface area (Å²) in [5, 5.41) is 6.07. The molecule has 0 bridgehead atoms. The van der Waals surface area contributed by atoms with Gasteiger partial charge in [0.2, 0.25) is 11.8 Å². The van der Waals surface area contributed by atoms with E-state index in [1.807, 2.05) is 34.5 Å². The van der Waals surface area contributed by atoms with Gasteiger partial charge < -0.3 is 15.0 Å². The molecule has 0 aliphatic carbocycles. The first-order valence-corrected chi connectivity index (χ1v) is 11.5. The summed E-state index contributed by atoms with van der Waals surface area (Å²) in [6.07, 6.45) is 2.15.